The van der Waals surface area contributed by atoms with Crippen molar-refractivity contribution >= 4 is 17.0 Å². The highest BCUT2D eigenvalue weighted by molar-refractivity contribution is 7.10. The number of thiophene rings is 1. The second kappa shape index (κ2) is 4.70. The zero-order valence-corrected chi connectivity index (χ0v) is 10.7. The first-order chi connectivity index (χ1) is 7.66. The second-order valence-electron chi connectivity index (χ2n) is 4.28. The smallest absolute Gasteiger partial charge is 0.0731 e. The Labute approximate surface area is 100 Å². The summed E-state index contributed by atoms with van der Waals surface area (Å²) in [7, 11) is 1.93. The lowest BCUT2D eigenvalue weighted by atomic mass is 10.0. The molecule has 2 heterocycles. The molecule has 1 atom stereocenters. The fraction of sp³-hybridized carbons (Fsp3) is 0.417. The lowest BCUT2D eigenvalue weighted by Crippen LogP contribution is -2.15. The fourth-order valence-corrected chi connectivity index (χ4v) is 2.66. The van der Waals surface area contributed by atoms with Crippen LogP contribution in [-0.4, -0.2) is 9.78 Å². The predicted octanol–water partition coefficient (Wildman–Crippen LogP) is 3.29. The third kappa shape index (κ3) is 2.44. The highest BCUT2D eigenvalue weighted by atomic mass is 32.1. The molecule has 1 N–H and O–H groups in total. The first-order valence-electron chi connectivity index (χ1n) is 5.45. The van der Waals surface area contributed by atoms with Crippen LogP contribution >= 0.6 is 11.3 Å². The minimum atomic E-state index is 0.365. The summed E-state index contributed by atoms with van der Waals surface area (Å²) >= 11 is 1.80. The van der Waals surface area contributed by atoms with E-state index in [1.807, 2.05) is 24.1 Å². The SMILES string of the molecule is CC(C)C(Nc1cnn(C)c1)c1cccs1. The Morgan fingerprint density at radius 3 is 2.75 bits per heavy atom. The monoisotopic (exact) mass is 235 g/mol. The number of rotatable bonds is 4. The fourth-order valence-electron chi connectivity index (χ4n) is 1.71. The molecule has 86 valence electrons. The molecule has 0 aliphatic carbocycles. The lowest BCUT2D eigenvalue weighted by molar-refractivity contribution is 0.554. The topological polar surface area (TPSA) is 29.9 Å². The van der Waals surface area contributed by atoms with Gasteiger partial charge in [-0.3, -0.25) is 4.68 Å². The molecular weight excluding hydrogens is 218 g/mol. The average molecular weight is 235 g/mol. The molecular formula is C12H17N3S. The van der Waals surface area contributed by atoms with Gasteiger partial charge in [0.15, 0.2) is 0 Å². The third-order valence-electron chi connectivity index (χ3n) is 2.54. The minimum absolute atomic E-state index is 0.365. The number of nitrogens with one attached hydrogen (secondary N) is 1. The molecule has 0 aliphatic rings. The zero-order chi connectivity index (χ0) is 11.5. The maximum Gasteiger partial charge on any atom is 0.0731 e. The average Bonchev–Trinajstić information content (AvgIpc) is 2.84. The molecule has 2 aromatic rings. The van der Waals surface area contributed by atoms with Crippen LogP contribution in [0.3, 0.4) is 0 Å². The van der Waals surface area contributed by atoms with Gasteiger partial charge in [-0.25, -0.2) is 0 Å². The van der Waals surface area contributed by atoms with Crippen molar-refractivity contribution in [2.75, 3.05) is 5.32 Å². The summed E-state index contributed by atoms with van der Waals surface area (Å²) in [6.07, 6.45) is 3.87. The summed E-state index contributed by atoms with van der Waals surface area (Å²) in [5, 5.41) is 9.82. The van der Waals surface area contributed by atoms with E-state index in [1.165, 1.54) is 4.88 Å². The Balaban J connectivity index is 2.15. The van der Waals surface area contributed by atoms with Gasteiger partial charge in [-0.1, -0.05) is 19.9 Å². The van der Waals surface area contributed by atoms with E-state index in [0.717, 1.165) is 5.69 Å². The summed E-state index contributed by atoms with van der Waals surface area (Å²) in [4.78, 5) is 1.37. The maximum absolute atomic E-state index is 4.17. The Hall–Kier alpha value is -1.29. The molecule has 16 heavy (non-hydrogen) atoms. The Bertz CT molecular complexity index is 431. The van der Waals surface area contributed by atoms with Crippen LogP contribution in [0.5, 0.6) is 0 Å². The largest absolute Gasteiger partial charge is 0.375 e. The van der Waals surface area contributed by atoms with Crippen LogP contribution in [0.2, 0.25) is 0 Å². The van der Waals surface area contributed by atoms with E-state index in [9.17, 15) is 0 Å². The van der Waals surface area contributed by atoms with Crippen molar-refractivity contribution in [1.29, 1.82) is 0 Å². The molecule has 2 aromatic heterocycles. The molecule has 0 spiro atoms. The normalized spacial score (nSPS) is 13.0. The van der Waals surface area contributed by atoms with Gasteiger partial charge < -0.3 is 5.32 Å². The van der Waals surface area contributed by atoms with Gasteiger partial charge in [0, 0.05) is 18.1 Å². The molecule has 0 radical (unpaired) electrons. The first kappa shape index (κ1) is 11.2. The molecule has 0 saturated carbocycles. The van der Waals surface area contributed by atoms with Gasteiger partial charge in [0.25, 0.3) is 0 Å². The standard InChI is InChI=1S/C12H17N3S/c1-9(2)12(11-5-4-6-16-11)14-10-7-13-15(3)8-10/h4-9,12,14H,1-3H3. The van der Waals surface area contributed by atoms with Gasteiger partial charge in [0.2, 0.25) is 0 Å². The number of hydrogen-bond donors (Lipinski definition) is 1. The number of hydrogen-bond acceptors (Lipinski definition) is 3. The summed E-state index contributed by atoms with van der Waals surface area (Å²) in [5.41, 5.74) is 1.08. The van der Waals surface area contributed by atoms with Crippen LogP contribution in [0.15, 0.2) is 29.9 Å². The molecule has 0 aromatic carbocycles. The molecule has 0 amide bonds. The third-order valence-corrected chi connectivity index (χ3v) is 3.50. The first-order valence-corrected chi connectivity index (χ1v) is 6.33. The minimum Gasteiger partial charge on any atom is -0.375 e. The van der Waals surface area contributed by atoms with Gasteiger partial charge in [-0.05, 0) is 17.4 Å². The molecule has 2 rings (SSSR count). The predicted molar refractivity (Wildman–Crippen MR) is 68.7 cm³/mol. The van der Waals surface area contributed by atoms with Crippen LogP contribution in [-0.2, 0) is 7.05 Å². The van der Waals surface area contributed by atoms with E-state index in [-0.39, 0.29) is 0 Å². The van der Waals surface area contributed by atoms with Crippen LogP contribution in [0.1, 0.15) is 24.8 Å². The van der Waals surface area contributed by atoms with E-state index in [0.29, 0.717) is 12.0 Å². The lowest BCUT2D eigenvalue weighted by Gasteiger charge is -2.21. The molecule has 0 aliphatic heterocycles. The van der Waals surface area contributed by atoms with E-state index in [1.54, 1.807) is 11.3 Å². The maximum atomic E-state index is 4.17. The number of nitrogens with zero attached hydrogens (tertiary/aromatic N) is 2. The van der Waals surface area contributed by atoms with Gasteiger partial charge in [0.05, 0.1) is 17.9 Å². The molecule has 0 bridgehead atoms. The van der Waals surface area contributed by atoms with Crippen molar-refractivity contribution < 1.29 is 0 Å². The summed E-state index contributed by atoms with van der Waals surface area (Å²) in [6, 6.07) is 4.64. The van der Waals surface area contributed by atoms with Crippen LogP contribution < -0.4 is 5.32 Å². The Morgan fingerprint density at radius 2 is 2.25 bits per heavy atom. The summed E-state index contributed by atoms with van der Waals surface area (Å²) in [6.45, 7) is 4.46. The van der Waals surface area contributed by atoms with Crippen molar-refractivity contribution in [3.05, 3.63) is 34.8 Å². The summed E-state index contributed by atoms with van der Waals surface area (Å²) < 4.78 is 1.81. The van der Waals surface area contributed by atoms with Gasteiger partial charge in [-0.15, -0.1) is 11.3 Å². The highest BCUT2D eigenvalue weighted by Gasteiger charge is 2.16. The number of anilines is 1. The number of aryl methyl sites for hydroxylation is 1. The number of aromatic nitrogens is 2. The Kier molecular flexibility index (Phi) is 3.29. The van der Waals surface area contributed by atoms with E-state index < -0.39 is 0 Å². The van der Waals surface area contributed by atoms with E-state index in [4.69, 9.17) is 0 Å². The van der Waals surface area contributed by atoms with E-state index >= 15 is 0 Å². The quantitative estimate of drug-likeness (QED) is 0.881. The molecule has 3 nitrogen and oxygen atoms in total. The van der Waals surface area contributed by atoms with Crippen LogP contribution in [0.4, 0.5) is 5.69 Å². The molecule has 4 heteroatoms. The molecule has 0 saturated heterocycles. The van der Waals surface area contributed by atoms with Gasteiger partial charge >= 0.3 is 0 Å². The van der Waals surface area contributed by atoms with Crippen molar-refractivity contribution in [1.82, 2.24) is 9.78 Å². The molecule has 0 fully saturated rings. The van der Waals surface area contributed by atoms with Gasteiger partial charge in [-0.2, -0.15) is 5.10 Å². The van der Waals surface area contributed by atoms with Crippen LogP contribution in [0.25, 0.3) is 0 Å². The van der Waals surface area contributed by atoms with Crippen molar-refractivity contribution in [2.24, 2.45) is 13.0 Å². The van der Waals surface area contributed by atoms with Crippen molar-refractivity contribution in [3.8, 4) is 0 Å². The molecule has 1 unspecified atom stereocenters. The Morgan fingerprint density at radius 1 is 1.44 bits per heavy atom. The zero-order valence-electron chi connectivity index (χ0n) is 9.84. The summed E-state index contributed by atoms with van der Waals surface area (Å²) in [5.74, 6) is 0.554. The highest BCUT2D eigenvalue weighted by Crippen LogP contribution is 2.29. The van der Waals surface area contributed by atoms with Crippen molar-refractivity contribution in [2.45, 2.75) is 19.9 Å². The van der Waals surface area contributed by atoms with Crippen molar-refractivity contribution in [3.63, 3.8) is 0 Å². The van der Waals surface area contributed by atoms with Crippen LogP contribution in [0, 0.1) is 5.92 Å². The van der Waals surface area contributed by atoms with E-state index in [2.05, 4.69) is 41.8 Å². The van der Waals surface area contributed by atoms with Gasteiger partial charge in [0.1, 0.15) is 0 Å². The second-order valence-corrected chi connectivity index (χ2v) is 5.26.